The molecule has 0 aliphatic carbocycles. The van der Waals surface area contributed by atoms with Crippen molar-refractivity contribution in [2.75, 3.05) is 13.1 Å². The average molecular weight is 324 g/mol. The van der Waals surface area contributed by atoms with Crippen LogP contribution in [0.2, 0.25) is 0 Å². The Kier molecular flexibility index (Phi) is 5.73. The molecular formula is C12H15F3N2O3S. The fraction of sp³-hybridized carbons (Fsp3) is 0.417. The summed E-state index contributed by atoms with van der Waals surface area (Å²) in [6.45, 7) is 0.162. The molecule has 2 N–H and O–H groups in total. The molecule has 1 aromatic carbocycles. The maximum absolute atomic E-state index is 12.0. The number of amides is 1. The molecule has 0 aliphatic rings. The number of halogens is 3. The summed E-state index contributed by atoms with van der Waals surface area (Å²) in [6.07, 6.45) is -4.11. The number of hydrogen-bond donors (Lipinski definition) is 2. The number of hydrogen-bond acceptors (Lipinski definition) is 3. The van der Waals surface area contributed by atoms with Crippen LogP contribution in [0.3, 0.4) is 0 Å². The topological polar surface area (TPSA) is 75.3 Å². The largest absolute Gasteiger partial charge is 0.402 e. The first-order valence-corrected chi connectivity index (χ1v) is 7.48. The van der Waals surface area contributed by atoms with Crippen molar-refractivity contribution in [2.24, 2.45) is 0 Å². The fourth-order valence-electron chi connectivity index (χ4n) is 1.48. The molecule has 0 bridgehead atoms. The van der Waals surface area contributed by atoms with Gasteiger partial charge in [-0.1, -0.05) is 12.1 Å². The molecule has 0 saturated carbocycles. The summed E-state index contributed by atoms with van der Waals surface area (Å²) >= 11 is 0. The number of carbonyl (C=O) groups is 1. The van der Waals surface area contributed by atoms with Crippen molar-refractivity contribution >= 4 is 15.9 Å². The van der Waals surface area contributed by atoms with Crippen LogP contribution in [-0.4, -0.2) is 33.6 Å². The summed E-state index contributed by atoms with van der Waals surface area (Å²) in [6, 6.07) is 5.43. The molecule has 0 aromatic heterocycles. The van der Waals surface area contributed by atoms with Gasteiger partial charge in [-0.15, -0.1) is 0 Å². The molecule has 0 fully saturated rings. The lowest BCUT2D eigenvalue weighted by molar-refractivity contribution is -0.121. The first-order valence-electron chi connectivity index (χ1n) is 6.00. The predicted octanol–water partition coefficient (Wildman–Crippen LogP) is 1.21. The Morgan fingerprint density at radius 2 is 1.76 bits per heavy atom. The van der Waals surface area contributed by atoms with Crippen molar-refractivity contribution in [3.05, 3.63) is 29.8 Å². The minimum Gasteiger partial charge on any atom is -0.356 e. The van der Waals surface area contributed by atoms with Crippen LogP contribution in [-0.2, 0) is 21.2 Å². The number of carbonyl (C=O) groups excluding carboxylic acids is 1. The number of benzene rings is 1. The van der Waals surface area contributed by atoms with E-state index in [1.807, 2.05) is 0 Å². The van der Waals surface area contributed by atoms with Crippen LogP contribution in [0.25, 0.3) is 0 Å². The van der Waals surface area contributed by atoms with Crippen molar-refractivity contribution in [1.82, 2.24) is 10.0 Å². The summed E-state index contributed by atoms with van der Waals surface area (Å²) in [5, 5.41) is 2.58. The number of nitrogens with one attached hydrogen (secondary N) is 2. The van der Waals surface area contributed by atoms with Crippen LogP contribution in [0, 0.1) is 0 Å². The number of alkyl halides is 3. The average Bonchev–Trinajstić information content (AvgIpc) is 2.36. The van der Waals surface area contributed by atoms with Crippen molar-refractivity contribution in [3.8, 4) is 0 Å². The quantitative estimate of drug-likeness (QED) is 0.826. The summed E-state index contributed by atoms with van der Waals surface area (Å²) in [5.74, 6) is -0.175. The van der Waals surface area contributed by atoms with Crippen molar-refractivity contribution in [1.29, 1.82) is 0 Å². The minimum absolute atomic E-state index is 0.175. The van der Waals surface area contributed by atoms with Gasteiger partial charge >= 0.3 is 6.18 Å². The van der Waals surface area contributed by atoms with Crippen LogP contribution < -0.4 is 10.0 Å². The van der Waals surface area contributed by atoms with Crippen molar-refractivity contribution < 1.29 is 26.4 Å². The van der Waals surface area contributed by atoms with E-state index in [4.69, 9.17) is 0 Å². The Morgan fingerprint density at radius 1 is 1.19 bits per heavy atom. The molecule has 1 aromatic rings. The van der Waals surface area contributed by atoms with E-state index >= 15 is 0 Å². The molecule has 0 spiro atoms. The Hall–Kier alpha value is -1.61. The molecule has 1 rings (SSSR count). The van der Waals surface area contributed by atoms with Gasteiger partial charge in [-0.25, -0.2) is 13.1 Å². The number of sulfonamides is 1. The van der Waals surface area contributed by atoms with Gasteiger partial charge in [0.05, 0.1) is 4.90 Å². The molecule has 0 atom stereocenters. The van der Waals surface area contributed by atoms with Gasteiger partial charge in [0.25, 0.3) is 0 Å². The van der Waals surface area contributed by atoms with Crippen molar-refractivity contribution in [3.63, 3.8) is 0 Å². The van der Waals surface area contributed by atoms with E-state index in [1.54, 1.807) is 0 Å². The number of rotatable bonds is 6. The second-order valence-corrected chi connectivity index (χ2v) is 6.08. The summed E-state index contributed by atoms with van der Waals surface area (Å²) in [7, 11) is -4.18. The van der Waals surface area contributed by atoms with Gasteiger partial charge in [-0.2, -0.15) is 13.2 Å². The van der Waals surface area contributed by atoms with Crippen LogP contribution >= 0.6 is 0 Å². The smallest absolute Gasteiger partial charge is 0.356 e. The van der Waals surface area contributed by atoms with Gasteiger partial charge in [0.2, 0.25) is 15.9 Å². The van der Waals surface area contributed by atoms with Gasteiger partial charge in [0.1, 0.15) is 6.54 Å². The fourth-order valence-corrected chi connectivity index (χ4v) is 2.49. The highest BCUT2D eigenvalue weighted by molar-refractivity contribution is 7.89. The zero-order chi connectivity index (χ0) is 16.1. The van der Waals surface area contributed by atoms with Gasteiger partial charge < -0.3 is 5.32 Å². The molecule has 0 aliphatic heterocycles. The Labute approximate surface area is 120 Å². The summed E-state index contributed by atoms with van der Waals surface area (Å²) in [5.41, 5.74) is 0.763. The standard InChI is InChI=1S/C12H15F3N2O3S/c1-9(18)16-7-6-10-2-4-11(5-3-10)21(19,20)17-8-12(13,14)15/h2-5,17H,6-8H2,1H3,(H,16,18). The lowest BCUT2D eigenvalue weighted by Gasteiger charge is -2.10. The van der Waals surface area contributed by atoms with E-state index < -0.39 is 22.7 Å². The maximum atomic E-state index is 12.0. The molecular weight excluding hydrogens is 309 g/mol. The molecule has 21 heavy (non-hydrogen) atoms. The van der Waals surface area contributed by atoms with Gasteiger partial charge in [-0.05, 0) is 24.1 Å². The summed E-state index contributed by atoms with van der Waals surface area (Å²) in [4.78, 5) is 10.4. The van der Waals surface area contributed by atoms with E-state index in [0.717, 1.165) is 5.56 Å². The highest BCUT2D eigenvalue weighted by Crippen LogP contribution is 2.15. The highest BCUT2D eigenvalue weighted by atomic mass is 32.2. The van der Waals surface area contributed by atoms with E-state index in [1.165, 1.54) is 35.9 Å². The molecule has 0 radical (unpaired) electrons. The molecule has 0 saturated heterocycles. The molecule has 0 heterocycles. The third kappa shape index (κ3) is 6.58. The zero-order valence-corrected chi connectivity index (χ0v) is 12.0. The zero-order valence-electron chi connectivity index (χ0n) is 11.2. The molecule has 118 valence electrons. The predicted molar refractivity (Wildman–Crippen MR) is 70.1 cm³/mol. The van der Waals surface area contributed by atoms with Crippen LogP contribution in [0.1, 0.15) is 12.5 Å². The van der Waals surface area contributed by atoms with E-state index in [2.05, 4.69) is 5.32 Å². The normalized spacial score (nSPS) is 12.2. The van der Waals surface area contributed by atoms with Gasteiger partial charge in [0.15, 0.2) is 0 Å². The Bertz CT molecular complexity index is 583. The molecule has 0 unspecified atom stereocenters. The molecule has 1 amide bonds. The first kappa shape index (κ1) is 17.4. The third-order valence-electron chi connectivity index (χ3n) is 2.48. The van der Waals surface area contributed by atoms with E-state index in [-0.39, 0.29) is 10.8 Å². The lowest BCUT2D eigenvalue weighted by atomic mass is 10.1. The van der Waals surface area contributed by atoms with Crippen molar-refractivity contribution in [2.45, 2.75) is 24.4 Å². The minimum atomic E-state index is -4.61. The maximum Gasteiger partial charge on any atom is 0.402 e. The lowest BCUT2D eigenvalue weighted by Crippen LogP contribution is -2.33. The van der Waals surface area contributed by atoms with Gasteiger partial charge in [0, 0.05) is 13.5 Å². The van der Waals surface area contributed by atoms with E-state index in [0.29, 0.717) is 13.0 Å². The molecule has 5 nitrogen and oxygen atoms in total. The van der Waals surface area contributed by atoms with Crippen LogP contribution in [0.5, 0.6) is 0 Å². The van der Waals surface area contributed by atoms with Crippen LogP contribution in [0.15, 0.2) is 29.2 Å². The summed E-state index contributed by atoms with van der Waals surface area (Å²) < 4.78 is 60.8. The second-order valence-electron chi connectivity index (χ2n) is 4.32. The molecule has 9 heteroatoms. The van der Waals surface area contributed by atoms with E-state index in [9.17, 15) is 26.4 Å². The SMILES string of the molecule is CC(=O)NCCc1ccc(S(=O)(=O)NCC(F)(F)F)cc1. The second kappa shape index (κ2) is 6.90. The van der Waals surface area contributed by atoms with Crippen LogP contribution in [0.4, 0.5) is 13.2 Å². The Morgan fingerprint density at radius 3 is 2.24 bits per heavy atom. The first-order chi connectivity index (χ1) is 9.60. The monoisotopic (exact) mass is 324 g/mol. The highest BCUT2D eigenvalue weighted by Gasteiger charge is 2.29. The third-order valence-corrected chi connectivity index (χ3v) is 3.90. The Balaban J connectivity index is 2.66. The van der Waals surface area contributed by atoms with Gasteiger partial charge in [-0.3, -0.25) is 4.79 Å².